The zero-order valence-corrected chi connectivity index (χ0v) is 17.2. The molecule has 0 N–H and O–H groups in total. The molecule has 1 fully saturated rings. The van der Waals surface area contributed by atoms with Crippen LogP contribution in [0.2, 0.25) is 0 Å². The Balaban J connectivity index is 2.72. The zero-order chi connectivity index (χ0) is 16.9. The summed E-state index contributed by atoms with van der Waals surface area (Å²) in [5, 5.41) is 0. The molecule has 0 radical (unpaired) electrons. The quantitative estimate of drug-likeness (QED) is 0.663. The molecule has 1 nitrogen and oxygen atoms in total. The van der Waals surface area contributed by atoms with Gasteiger partial charge in [-0.3, -0.25) is 0 Å². The van der Waals surface area contributed by atoms with Crippen molar-refractivity contribution in [2.45, 2.75) is 79.2 Å². The van der Waals surface area contributed by atoms with Gasteiger partial charge in [-0.2, -0.15) is 0 Å². The van der Waals surface area contributed by atoms with Crippen molar-refractivity contribution in [2.75, 3.05) is 4.90 Å². The summed E-state index contributed by atoms with van der Waals surface area (Å²) in [6, 6.07) is 6.84. The van der Waals surface area contributed by atoms with E-state index >= 15 is 0 Å². The fraction of sp³-hybridized carbons (Fsp3) is 0.650. The Bertz CT molecular complexity index is 555. The molecule has 0 amide bonds. The van der Waals surface area contributed by atoms with Crippen molar-refractivity contribution < 1.29 is 0 Å². The fourth-order valence-corrected chi connectivity index (χ4v) is 4.85. The van der Waals surface area contributed by atoms with Gasteiger partial charge in [0, 0.05) is 0 Å². The van der Waals surface area contributed by atoms with E-state index in [1.54, 1.807) is 0 Å². The van der Waals surface area contributed by atoms with Crippen LogP contribution >= 0.6 is 0 Å². The standard InChI is InChI=1S/C20H31NSe/c1-13(2)15-10-9-11-16(14(3)4)17(15)21-18(22)19(5,6)12-20(21,7)8/h9-11,13-14H,12H2,1-8H3. The molecule has 0 aliphatic carbocycles. The van der Waals surface area contributed by atoms with Gasteiger partial charge < -0.3 is 0 Å². The number of hydrogen-bond acceptors (Lipinski definition) is 1. The normalized spacial score (nSPS) is 20.3. The Kier molecular flexibility index (Phi) is 4.68. The molecule has 0 spiro atoms. The van der Waals surface area contributed by atoms with E-state index in [1.807, 2.05) is 0 Å². The van der Waals surface area contributed by atoms with Gasteiger partial charge in [-0.25, -0.2) is 0 Å². The van der Waals surface area contributed by atoms with Gasteiger partial charge in [0.1, 0.15) is 0 Å². The van der Waals surface area contributed by atoms with Crippen LogP contribution < -0.4 is 4.90 Å². The molecule has 1 heterocycles. The first-order valence-corrected chi connectivity index (χ1v) is 9.32. The second-order valence-corrected chi connectivity index (χ2v) is 9.42. The molecule has 122 valence electrons. The van der Waals surface area contributed by atoms with Crippen molar-refractivity contribution >= 4 is 25.8 Å². The molecule has 0 aromatic heterocycles. The average molecular weight is 364 g/mol. The second kappa shape index (κ2) is 5.80. The number of para-hydroxylation sites is 1. The summed E-state index contributed by atoms with van der Waals surface area (Å²) in [5.41, 5.74) is 4.71. The summed E-state index contributed by atoms with van der Waals surface area (Å²) >= 11 is 3.41. The molecular weight excluding hydrogens is 333 g/mol. The van der Waals surface area contributed by atoms with Crippen LogP contribution in [0.4, 0.5) is 5.69 Å². The molecule has 22 heavy (non-hydrogen) atoms. The van der Waals surface area contributed by atoms with Crippen molar-refractivity contribution in [1.29, 1.82) is 0 Å². The SMILES string of the molecule is CC(C)c1cccc(C(C)C)c1N1C(=[Se])C(C)(C)CC1(C)C. The Morgan fingerprint density at radius 2 is 1.41 bits per heavy atom. The van der Waals surface area contributed by atoms with Gasteiger partial charge in [0.15, 0.2) is 0 Å². The first kappa shape index (κ1) is 17.8. The summed E-state index contributed by atoms with van der Waals surface area (Å²) in [6.07, 6.45) is 1.17. The molecule has 1 aromatic rings. The first-order chi connectivity index (χ1) is 9.99. The van der Waals surface area contributed by atoms with Crippen molar-refractivity contribution in [3.63, 3.8) is 0 Å². The Morgan fingerprint density at radius 3 is 1.73 bits per heavy atom. The molecule has 1 aliphatic rings. The van der Waals surface area contributed by atoms with E-state index in [1.165, 1.54) is 27.8 Å². The first-order valence-electron chi connectivity index (χ1n) is 8.46. The summed E-state index contributed by atoms with van der Waals surface area (Å²) < 4.78 is 1.38. The summed E-state index contributed by atoms with van der Waals surface area (Å²) in [4.78, 5) is 2.59. The number of benzene rings is 1. The monoisotopic (exact) mass is 365 g/mol. The van der Waals surface area contributed by atoms with Gasteiger partial charge in [-0.15, -0.1) is 0 Å². The Hall–Kier alpha value is -0.591. The zero-order valence-electron chi connectivity index (χ0n) is 15.4. The van der Waals surface area contributed by atoms with Crippen LogP contribution in [-0.4, -0.2) is 25.7 Å². The topological polar surface area (TPSA) is 3.24 Å². The molecule has 2 rings (SSSR count). The summed E-state index contributed by atoms with van der Waals surface area (Å²) in [6.45, 7) is 18.7. The average Bonchev–Trinajstić information content (AvgIpc) is 2.52. The van der Waals surface area contributed by atoms with Crippen LogP contribution in [0.15, 0.2) is 18.2 Å². The maximum atomic E-state index is 3.41. The van der Waals surface area contributed by atoms with E-state index in [-0.39, 0.29) is 11.0 Å². The molecule has 0 unspecified atom stereocenters. The van der Waals surface area contributed by atoms with Crippen molar-refractivity contribution in [2.24, 2.45) is 5.41 Å². The van der Waals surface area contributed by atoms with E-state index in [2.05, 4.69) is 94.1 Å². The van der Waals surface area contributed by atoms with E-state index in [0.29, 0.717) is 11.8 Å². The predicted octanol–water partition coefficient (Wildman–Crippen LogP) is 5.25. The summed E-state index contributed by atoms with van der Waals surface area (Å²) in [7, 11) is 0. The van der Waals surface area contributed by atoms with E-state index in [9.17, 15) is 0 Å². The van der Waals surface area contributed by atoms with Crippen LogP contribution in [-0.2, 0) is 0 Å². The van der Waals surface area contributed by atoms with Gasteiger partial charge in [0.2, 0.25) is 0 Å². The van der Waals surface area contributed by atoms with E-state index < -0.39 is 0 Å². The van der Waals surface area contributed by atoms with Crippen LogP contribution in [0, 0.1) is 5.41 Å². The van der Waals surface area contributed by atoms with E-state index in [4.69, 9.17) is 0 Å². The number of anilines is 1. The van der Waals surface area contributed by atoms with Crippen LogP contribution in [0.3, 0.4) is 0 Å². The third-order valence-electron chi connectivity index (χ3n) is 4.83. The van der Waals surface area contributed by atoms with Crippen molar-refractivity contribution in [3.05, 3.63) is 29.3 Å². The predicted molar refractivity (Wildman–Crippen MR) is 100 cm³/mol. The molecule has 1 aliphatic heterocycles. The van der Waals surface area contributed by atoms with Crippen molar-refractivity contribution in [3.8, 4) is 0 Å². The molecule has 0 bridgehead atoms. The summed E-state index contributed by atoms with van der Waals surface area (Å²) in [5.74, 6) is 1.06. The fourth-order valence-electron chi connectivity index (χ4n) is 3.99. The molecule has 2 heteroatoms. The van der Waals surface area contributed by atoms with Gasteiger partial charge in [0.05, 0.1) is 0 Å². The molecule has 0 saturated carbocycles. The van der Waals surface area contributed by atoms with Crippen molar-refractivity contribution in [1.82, 2.24) is 0 Å². The number of hydrogen-bond donors (Lipinski definition) is 0. The minimum atomic E-state index is 0.138. The molecule has 0 atom stereocenters. The number of rotatable bonds is 3. The maximum absolute atomic E-state index is 3.41. The molecule has 1 saturated heterocycles. The van der Waals surface area contributed by atoms with Crippen LogP contribution in [0.5, 0.6) is 0 Å². The third kappa shape index (κ3) is 2.93. The number of nitrogens with zero attached hydrogens (tertiary/aromatic N) is 1. The van der Waals surface area contributed by atoms with Gasteiger partial charge in [0.25, 0.3) is 0 Å². The Morgan fingerprint density at radius 1 is 0.955 bits per heavy atom. The second-order valence-electron chi connectivity index (χ2n) is 8.61. The van der Waals surface area contributed by atoms with Crippen LogP contribution in [0.1, 0.15) is 84.8 Å². The molecule has 1 aromatic carbocycles. The van der Waals surface area contributed by atoms with Gasteiger partial charge in [-0.05, 0) is 0 Å². The third-order valence-corrected chi connectivity index (χ3v) is 6.37. The van der Waals surface area contributed by atoms with Crippen LogP contribution in [0.25, 0.3) is 0 Å². The van der Waals surface area contributed by atoms with E-state index in [0.717, 1.165) is 0 Å². The van der Waals surface area contributed by atoms with Gasteiger partial charge >= 0.3 is 145 Å². The van der Waals surface area contributed by atoms with Gasteiger partial charge in [-0.1, -0.05) is 0 Å². The Labute approximate surface area is 144 Å². The molecular formula is C20H31NSe. The minimum absolute atomic E-state index is 0.138.